The fourth-order valence-electron chi connectivity index (χ4n) is 3.83. The summed E-state index contributed by atoms with van der Waals surface area (Å²) in [6, 6.07) is 13.2. The number of hydrogen-bond acceptors (Lipinski definition) is 4. The largest absolute Gasteiger partial charge is 0.481 e. The molecule has 28 heavy (non-hydrogen) atoms. The molecule has 1 heterocycles. The Hall–Kier alpha value is -3.04. The zero-order chi connectivity index (χ0) is 20.1. The molecule has 0 aliphatic heterocycles. The molecule has 0 unspecified atom stereocenters. The standard InChI is InChI=1S/C22H18N2O3S/c1-22(2)16-10-13(28-8-7-18(25)26)4-6-14(16)20(27)19-15-5-3-12(11-23)9-17(15)24-21(19)22/h3-6,9-10,24H,7-8H2,1-2H3,(H,25,26). The van der Waals surface area contributed by atoms with Gasteiger partial charge in [0.25, 0.3) is 0 Å². The minimum Gasteiger partial charge on any atom is -0.481 e. The van der Waals surface area contributed by atoms with Gasteiger partial charge in [0.2, 0.25) is 0 Å². The van der Waals surface area contributed by atoms with E-state index in [0.29, 0.717) is 22.4 Å². The second-order valence-electron chi connectivity index (χ2n) is 7.40. The molecule has 0 saturated heterocycles. The molecule has 140 valence electrons. The van der Waals surface area contributed by atoms with Crippen molar-refractivity contribution in [3.8, 4) is 6.07 Å². The maximum atomic E-state index is 13.3. The minimum atomic E-state index is -0.819. The van der Waals surface area contributed by atoms with E-state index in [1.54, 1.807) is 12.1 Å². The lowest BCUT2D eigenvalue weighted by Gasteiger charge is -2.32. The van der Waals surface area contributed by atoms with Gasteiger partial charge in [-0.15, -0.1) is 11.8 Å². The number of carboxylic acid groups (broad SMARTS) is 1. The van der Waals surface area contributed by atoms with E-state index in [2.05, 4.69) is 24.9 Å². The summed E-state index contributed by atoms with van der Waals surface area (Å²) in [6.45, 7) is 4.15. The van der Waals surface area contributed by atoms with Crippen molar-refractivity contribution in [2.45, 2.75) is 30.6 Å². The Morgan fingerprint density at radius 2 is 2.04 bits per heavy atom. The number of thioether (sulfide) groups is 1. The van der Waals surface area contributed by atoms with Gasteiger partial charge in [-0.1, -0.05) is 19.9 Å². The Kier molecular flexibility index (Phi) is 4.28. The number of nitrogens with zero attached hydrogens (tertiary/aromatic N) is 1. The van der Waals surface area contributed by atoms with Crippen LogP contribution in [0.2, 0.25) is 0 Å². The maximum Gasteiger partial charge on any atom is 0.304 e. The van der Waals surface area contributed by atoms with Crippen LogP contribution in [0.5, 0.6) is 0 Å². The van der Waals surface area contributed by atoms with Gasteiger partial charge in [-0.3, -0.25) is 9.59 Å². The SMILES string of the molecule is CC1(C)c2cc(SCCC(=O)O)ccc2C(=O)c2c1[nH]c1cc(C#N)ccc21. The van der Waals surface area contributed by atoms with Gasteiger partial charge in [0, 0.05) is 38.2 Å². The Morgan fingerprint density at radius 3 is 2.75 bits per heavy atom. The summed E-state index contributed by atoms with van der Waals surface area (Å²) in [7, 11) is 0. The van der Waals surface area contributed by atoms with Crippen LogP contribution in [0.1, 0.15) is 53.0 Å². The molecule has 5 nitrogen and oxygen atoms in total. The van der Waals surface area contributed by atoms with Crippen molar-refractivity contribution >= 4 is 34.4 Å². The Labute approximate surface area is 166 Å². The normalized spacial score (nSPS) is 14.4. The summed E-state index contributed by atoms with van der Waals surface area (Å²) in [5.74, 6) is -0.361. The monoisotopic (exact) mass is 390 g/mol. The molecule has 0 saturated carbocycles. The van der Waals surface area contributed by atoms with Crippen molar-refractivity contribution in [3.63, 3.8) is 0 Å². The van der Waals surface area contributed by atoms with Crippen LogP contribution in [-0.2, 0) is 10.2 Å². The van der Waals surface area contributed by atoms with Crippen LogP contribution in [0, 0.1) is 11.3 Å². The van der Waals surface area contributed by atoms with Crippen LogP contribution in [-0.4, -0.2) is 27.6 Å². The van der Waals surface area contributed by atoms with E-state index >= 15 is 0 Å². The Morgan fingerprint density at radius 1 is 1.25 bits per heavy atom. The number of carbonyl (C=O) groups is 2. The molecule has 1 aromatic heterocycles. The predicted octanol–water partition coefficient (Wildman–Crippen LogP) is 4.48. The topological polar surface area (TPSA) is 93.9 Å². The number of aliphatic carboxylic acids is 1. The highest BCUT2D eigenvalue weighted by Crippen LogP contribution is 2.44. The van der Waals surface area contributed by atoms with Crippen LogP contribution in [0.15, 0.2) is 41.3 Å². The number of aromatic amines is 1. The Bertz CT molecular complexity index is 1180. The minimum absolute atomic E-state index is 0.0256. The average molecular weight is 390 g/mol. The highest BCUT2D eigenvalue weighted by molar-refractivity contribution is 7.99. The molecule has 0 spiro atoms. The smallest absolute Gasteiger partial charge is 0.304 e. The molecule has 0 fully saturated rings. The first-order valence-corrected chi connectivity index (χ1v) is 9.91. The van der Waals surface area contributed by atoms with Crippen molar-refractivity contribution in [1.82, 2.24) is 4.98 Å². The first kappa shape index (κ1) is 18.3. The Balaban J connectivity index is 1.82. The molecule has 0 atom stereocenters. The van der Waals surface area contributed by atoms with Gasteiger partial charge < -0.3 is 10.1 Å². The average Bonchev–Trinajstić information content (AvgIpc) is 3.06. The molecule has 6 heteroatoms. The van der Waals surface area contributed by atoms with Crippen molar-refractivity contribution < 1.29 is 14.7 Å². The number of benzene rings is 2. The highest BCUT2D eigenvalue weighted by Gasteiger charge is 2.39. The van der Waals surface area contributed by atoms with E-state index < -0.39 is 11.4 Å². The molecule has 0 bridgehead atoms. The summed E-state index contributed by atoms with van der Waals surface area (Å²) in [6.07, 6.45) is 0.0947. The van der Waals surface area contributed by atoms with Crippen LogP contribution in [0.4, 0.5) is 0 Å². The van der Waals surface area contributed by atoms with Gasteiger partial charge in [0.05, 0.1) is 23.6 Å². The summed E-state index contributed by atoms with van der Waals surface area (Å²) in [5, 5.41) is 18.8. The van der Waals surface area contributed by atoms with E-state index in [-0.39, 0.29) is 12.2 Å². The number of hydrogen-bond donors (Lipinski definition) is 2. The van der Waals surface area contributed by atoms with Gasteiger partial charge >= 0.3 is 5.97 Å². The summed E-state index contributed by atoms with van der Waals surface area (Å²) in [5.41, 5.74) is 4.03. The van der Waals surface area contributed by atoms with Crippen LogP contribution in [0.3, 0.4) is 0 Å². The molecule has 0 amide bonds. The van der Waals surface area contributed by atoms with Crippen LogP contribution >= 0.6 is 11.8 Å². The molecule has 2 N–H and O–H groups in total. The number of rotatable bonds is 4. The van der Waals surface area contributed by atoms with E-state index in [4.69, 9.17) is 10.4 Å². The molecule has 3 aromatic rings. The van der Waals surface area contributed by atoms with E-state index in [0.717, 1.165) is 27.1 Å². The highest BCUT2D eigenvalue weighted by atomic mass is 32.2. The number of carboxylic acids is 1. The van der Waals surface area contributed by atoms with Crippen molar-refractivity contribution in [3.05, 3.63) is 64.3 Å². The third-order valence-electron chi connectivity index (χ3n) is 5.27. The lowest BCUT2D eigenvalue weighted by atomic mass is 9.71. The fraction of sp³-hybridized carbons (Fsp3) is 0.227. The number of fused-ring (bicyclic) bond motifs is 4. The first-order valence-electron chi connectivity index (χ1n) is 8.93. The summed E-state index contributed by atoms with van der Waals surface area (Å²) < 4.78 is 0. The number of nitrogens with one attached hydrogen (secondary N) is 1. The van der Waals surface area contributed by atoms with E-state index in [1.165, 1.54) is 11.8 Å². The molecule has 1 aliphatic rings. The van der Waals surface area contributed by atoms with Crippen molar-refractivity contribution in [2.75, 3.05) is 5.75 Å². The zero-order valence-corrected chi connectivity index (χ0v) is 16.3. The zero-order valence-electron chi connectivity index (χ0n) is 15.5. The molecular weight excluding hydrogens is 372 g/mol. The maximum absolute atomic E-state index is 13.3. The molecule has 2 aromatic carbocycles. The van der Waals surface area contributed by atoms with Crippen molar-refractivity contribution in [1.29, 1.82) is 5.26 Å². The summed E-state index contributed by atoms with van der Waals surface area (Å²) in [4.78, 5) is 28.3. The van der Waals surface area contributed by atoms with Gasteiger partial charge in [-0.05, 0) is 35.9 Å². The van der Waals surface area contributed by atoms with Gasteiger partial charge in [-0.2, -0.15) is 5.26 Å². The van der Waals surface area contributed by atoms with E-state index in [1.807, 2.05) is 24.3 Å². The number of carbonyl (C=O) groups excluding carboxylic acids is 1. The van der Waals surface area contributed by atoms with Gasteiger partial charge in [0.1, 0.15) is 0 Å². The fourth-order valence-corrected chi connectivity index (χ4v) is 4.70. The third kappa shape index (κ3) is 2.79. The second-order valence-corrected chi connectivity index (χ2v) is 8.57. The van der Waals surface area contributed by atoms with Crippen molar-refractivity contribution in [2.24, 2.45) is 0 Å². The third-order valence-corrected chi connectivity index (χ3v) is 6.27. The molecule has 0 radical (unpaired) electrons. The second kappa shape index (κ2) is 6.54. The lowest BCUT2D eigenvalue weighted by molar-refractivity contribution is -0.136. The van der Waals surface area contributed by atoms with Gasteiger partial charge in [-0.25, -0.2) is 0 Å². The summed E-state index contributed by atoms with van der Waals surface area (Å²) >= 11 is 1.48. The number of nitriles is 1. The number of aromatic nitrogens is 1. The van der Waals surface area contributed by atoms with Crippen LogP contribution in [0.25, 0.3) is 10.9 Å². The quantitative estimate of drug-likeness (QED) is 0.641. The number of ketones is 1. The molecular formula is C22H18N2O3S. The first-order chi connectivity index (χ1) is 13.3. The lowest BCUT2D eigenvalue weighted by Crippen LogP contribution is -2.30. The molecule has 1 aliphatic carbocycles. The molecule has 4 rings (SSSR count). The predicted molar refractivity (Wildman–Crippen MR) is 108 cm³/mol. The van der Waals surface area contributed by atoms with E-state index in [9.17, 15) is 9.59 Å². The van der Waals surface area contributed by atoms with Crippen LogP contribution < -0.4 is 0 Å². The van der Waals surface area contributed by atoms with Gasteiger partial charge in [0.15, 0.2) is 5.78 Å². The number of H-pyrrole nitrogens is 1.